The van der Waals surface area contributed by atoms with Crippen molar-refractivity contribution in [1.82, 2.24) is 4.57 Å². The average molecular weight is 357 g/mol. The zero-order valence-electron chi connectivity index (χ0n) is 15.8. The number of para-hydroxylation sites is 1. The molecule has 136 valence electrons. The normalized spacial score (nSPS) is 11.1. The smallest absolute Gasteiger partial charge is 0.118 e. The lowest BCUT2D eigenvalue weighted by Gasteiger charge is -2.19. The van der Waals surface area contributed by atoms with Crippen molar-refractivity contribution in [2.75, 3.05) is 14.2 Å². The minimum Gasteiger partial charge on any atom is -0.497 e. The van der Waals surface area contributed by atoms with Crippen LogP contribution in [0.1, 0.15) is 22.6 Å². The van der Waals surface area contributed by atoms with Crippen molar-refractivity contribution in [2.45, 2.75) is 5.92 Å². The van der Waals surface area contributed by atoms with Gasteiger partial charge in [-0.05, 0) is 47.0 Å². The van der Waals surface area contributed by atoms with E-state index >= 15 is 0 Å². The number of benzene rings is 3. The van der Waals surface area contributed by atoms with E-state index in [9.17, 15) is 0 Å². The number of hydrogen-bond donors (Lipinski definition) is 0. The van der Waals surface area contributed by atoms with E-state index < -0.39 is 0 Å². The molecule has 0 bridgehead atoms. The van der Waals surface area contributed by atoms with Crippen LogP contribution in [0.3, 0.4) is 0 Å². The van der Waals surface area contributed by atoms with Crippen molar-refractivity contribution >= 4 is 10.9 Å². The second-order valence-electron chi connectivity index (χ2n) is 6.69. The monoisotopic (exact) mass is 357 g/mol. The minimum absolute atomic E-state index is 0.132. The molecule has 0 saturated heterocycles. The molecule has 3 aromatic carbocycles. The second kappa shape index (κ2) is 7.20. The van der Waals surface area contributed by atoms with Crippen LogP contribution in [-0.2, 0) is 7.05 Å². The second-order valence-corrected chi connectivity index (χ2v) is 6.69. The first kappa shape index (κ1) is 17.2. The van der Waals surface area contributed by atoms with Gasteiger partial charge in [0.1, 0.15) is 11.5 Å². The molecule has 0 aliphatic carbocycles. The standard InChI is InChI=1S/C24H23NO2/c1-25-16-22(21-6-4-5-7-23(21)25)24(17-8-12-19(26-2)13-9-17)18-10-14-20(27-3)15-11-18/h4-16,24H,1-3H3. The predicted molar refractivity (Wildman–Crippen MR) is 110 cm³/mol. The van der Waals surface area contributed by atoms with E-state index in [0.717, 1.165) is 11.5 Å². The molecular formula is C24H23NO2. The summed E-state index contributed by atoms with van der Waals surface area (Å²) in [7, 11) is 5.49. The minimum atomic E-state index is 0.132. The summed E-state index contributed by atoms with van der Waals surface area (Å²) in [6, 6.07) is 25.2. The molecule has 4 rings (SSSR count). The maximum absolute atomic E-state index is 5.34. The van der Waals surface area contributed by atoms with Crippen LogP contribution in [0.4, 0.5) is 0 Å². The molecule has 3 heteroatoms. The Balaban J connectivity index is 1.91. The third-order valence-corrected chi connectivity index (χ3v) is 5.14. The number of aromatic nitrogens is 1. The Morgan fingerprint density at radius 1 is 0.704 bits per heavy atom. The molecule has 0 fully saturated rings. The topological polar surface area (TPSA) is 23.4 Å². The van der Waals surface area contributed by atoms with Crippen molar-refractivity contribution in [3.05, 3.63) is 95.7 Å². The van der Waals surface area contributed by atoms with Gasteiger partial charge in [0.05, 0.1) is 14.2 Å². The molecule has 0 amide bonds. The molecule has 0 unspecified atom stereocenters. The van der Waals surface area contributed by atoms with E-state index in [1.54, 1.807) is 14.2 Å². The van der Waals surface area contributed by atoms with Gasteiger partial charge in [0, 0.05) is 30.1 Å². The Hall–Kier alpha value is -3.20. The molecule has 0 aliphatic heterocycles. The molecule has 0 atom stereocenters. The third kappa shape index (κ3) is 3.17. The Kier molecular flexibility index (Phi) is 4.59. The van der Waals surface area contributed by atoms with Gasteiger partial charge in [0.15, 0.2) is 0 Å². The van der Waals surface area contributed by atoms with Crippen molar-refractivity contribution in [2.24, 2.45) is 7.05 Å². The predicted octanol–water partition coefficient (Wildman–Crippen LogP) is 5.38. The SMILES string of the molecule is COc1ccc(C(c2ccc(OC)cc2)c2cn(C)c3ccccc23)cc1. The van der Waals surface area contributed by atoms with Gasteiger partial charge in [-0.3, -0.25) is 0 Å². The van der Waals surface area contributed by atoms with Gasteiger partial charge in [-0.25, -0.2) is 0 Å². The van der Waals surface area contributed by atoms with Gasteiger partial charge in [-0.1, -0.05) is 42.5 Å². The van der Waals surface area contributed by atoms with E-state index in [2.05, 4.69) is 66.3 Å². The summed E-state index contributed by atoms with van der Waals surface area (Å²) in [5, 5.41) is 1.27. The highest BCUT2D eigenvalue weighted by Gasteiger charge is 2.21. The molecule has 27 heavy (non-hydrogen) atoms. The van der Waals surface area contributed by atoms with Crippen LogP contribution in [0.25, 0.3) is 10.9 Å². The maximum Gasteiger partial charge on any atom is 0.118 e. The van der Waals surface area contributed by atoms with Crippen LogP contribution < -0.4 is 9.47 Å². The molecule has 0 N–H and O–H groups in total. The first-order valence-electron chi connectivity index (χ1n) is 9.03. The number of fused-ring (bicyclic) bond motifs is 1. The summed E-state index contributed by atoms with van der Waals surface area (Å²) < 4.78 is 12.9. The first-order chi connectivity index (χ1) is 13.2. The lowest BCUT2D eigenvalue weighted by Crippen LogP contribution is -2.03. The van der Waals surface area contributed by atoms with Crippen molar-refractivity contribution in [3.63, 3.8) is 0 Å². The number of hydrogen-bond acceptors (Lipinski definition) is 2. The van der Waals surface area contributed by atoms with Crippen LogP contribution in [0, 0.1) is 0 Å². The van der Waals surface area contributed by atoms with Crippen LogP contribution in [0.15, 0.2) is 79.0 Å². The highest BCUT2D eigenvalue weighted by atomic mass is 16.5. The van der Waals surface area contributed by atoms with Gasteiger partial charge in [0.2, 0.25) is 0 Å². The van der Waals surface area contributed by atoms with E-state index in [0.29, 0.717) is 0 Å². The van der Waals surface area contributed by atoms with Crippen LogP contribution in [-0.4, -0.2) is 18.8 Å². The molecule has 1 aromatic heterocycles. The van der Waals surface area contributed by atoms with Crippen molar-refractivity contribution < 1.29 is 9.47 Å². The number of methoxy groups -OCH3 is 2. The third-order valence-electron chi connectivity index (χ3n) is 5.14. The highest BCUT2D eigenvalue weighted by Crippen LogP contribution is 2.38. The number of rotatable bonds is 5. The van der Waals surface area contributed by atoms with Gasteiger partial charge in [0.25, 0.3) is 0 Å². The molecular weight excluding hydrogens is 334 g/mol. The fraction of sp³-hybridized carbons (Fsp3) is 0.167. The summed E-state index contributed by atoms with van der Waals surface area (Å²) in [6.07, 6.45) is 2.24. The van der Waals surface area contributed by atoms with Gasteiger partial charge in [-0.15, -0.1) is 0 Å². The molecule has 4 aromatic rings. The fourth-order valence-corrected chi connectivity index (χ4v) is 3.75. The molecule has 0 saturated carbocycles. The Morgan fingerprint density at radius 2 is 1.22 bits per heavy atom. The average Bonchev–Trinajstić information content (AvgIpc) is 3.06. The molecule has 3 nitrogen and oxygen atoms in total. The van der Waals surface area contributed by atoms with Gasteiger partial charge >= 0.3 is 0 Å². The van der Waals surface area contributed by atoms with E-state index in [4.69, 9.17) is 9.47 Å². The largest absolute Gasteiger partial charge is 0.497 e. The van der Waals surface area contributed by atoms with Gasteiger partial charge in [-0.2, -0.15) is 0 Å². The summed E-state index contributed by atoms with van der Waals surface area (Å²) in [5.74, 6) is 1.86. The van der Waals surface area contributed by atoms with Crippen LogP contribution >= 0.6 is 0 Å². The quantitative estimate of drug-likeness (QED) is 0.479. The summed E-state index contributed by atoms with van der Waals surface area (Å²) >= 11 is 0. The Labute approximate surface area is 159 Å². The van der Waals surface area contributed by atoms with Crippen molar-refractivity contribution in [1.29, 1.82) is 0 Å². The van der Waals surface area contributed by atoms with Crippen LogP contribution in [0.2, 0.25) is 0 Å². The maximum atomic E-state index is 5.34. The lowest BCUT2D eigenvalue weighted by atomic mass is 9.85. The molecule has 0 radical (unpaired) electrons. The fourth-order valence-electron chi connectivity index (χ4n) is 3.75. The number of ether oxygens (including phenoxy) is 2. The zero-order valence-corrected chi connectivity index (χ0v) is 15.8. The van der Waals surface area contributed by atoms with Crippen LogP contribution in [0.5, 0.6) is 11.5 Å². The van der Waals surface area contributed by atoms with E-state index in [-0.39, 0.29) is 5.92 Å². The number of nitrogens with zero attached hydrogens (tertiary/aromatic N) is 1. The lowest BCUT2D eigenvalue weighted by molar-refractivity contribution is 0.414. The molecule has 1 heterocycles. The summed E-state index contributed by atoms with van der Waals surface area (Å²) in [4.78, 5) is 0. The molecule has 0 aliphatic rings. The summed E-state index contributed by atoms with van der Waals surface area (Å²) in [5.41, 5.74) is 5.00. The zero-order chi connectivity index (χ0) is 18.8. The highest BCUT2D eigenvalue weighted by molar-refractivity contribution is 5.85. The van der Waals surface area contributed by atoms with E-state index in [1.807, 2.05) is 24.3 Å². The number of aryl methyl sites for hydroxylation is 1. The Bertz CT molecular complexity index is 999. The summed E-state index contributed by atoms with van der Waals surface area (Å²) in [6.45, 7) is 0. The van der Waals surface area contributed by atoms with Gasteiger partial charge < -0.3 is 14.0 Å². The Morgan fingerprint density at radius 3 is 1.74 bits per heavy atom. The molecule has 0 spiro atoms. The van der Waals surface area contributed by atoms with Crippen molar-refractivity contribution in [3.8, 4) is 11.5 Å². The first-order valence-corrected chi connectivity index (χ1v) is 9.03. The van der Waals surface area contributed by atoms with E-state index in [1.165, 1.54) is 27.6 Å².